The Kier molecular flexibility index (Phi) is 5.60. The Balaban J connectivity index is 1.67. The number of hydrogen-bond acceptors (Lipinski definition) is 2. The fourth-order valence-electron chi connectivity index (χ4n) is 2.77. The minimum absolute atomic E-state index is 0.918. The molecule has 0 radical (unpaired) electrons. The molecule has 2 rings (SSSR count). The normalized spacial score (nSPS) is 22.9. The lowest BCUT2D eigenvalue weighted by Gasteiger charge is -2.38. The van der Waals surface area contributed by atoms with Gasteiger partial charge in [-0.15, -0.1) is 0 Å². The quantitative estimate of drug-likeness (QED) is 0.665. The van der Waals surface area contributed by atoms with Crippen LogP contribution in [0.25, 0.3) is 0 Å². The van der Waals surface area contributed by atoms with Crippen molar-refractivity contribution >= 4 is 15.9 Å². The van der Waals surface area contributed by atoms with Crippen LogP contribution in [0, 0.1) is 0 Å². The number of rotatable bonds is 7. The second kappa shape index (κ2) is 6.97. The van der Waals surface area contributed by atoms with Crippen LogP contribution < -0.4 is 0 Å². The molecule has 1 saturated heterocycles. The summed E-state index contributed by atoms with van der Waals surface area (Å²) >= 11 is 3.55. The average Bonchev–Trinajstić information content (AvgIpc) is 2.72. The van der Waals surface area contributed by atoms with Crippen LogP contribution in [0.2, 0.25) is 0 Å². The third-order valence-electron chi connectivity index (χ3n) is 4.07. The maximum atomic E-state index is 3.55. The highest BCUT2D eigenvalue weighted by Gasteiger charge is 2.24. The number of alkyl halides is 1. The summed E-state index contributed by atoms with van der Waals surface area (Å²) in [6.45, 7) is 6.59. The lowest BCUT2D eigenvalue weighted by Crippen LogP contribution is -2.44. The SMILES string of the molecule is BrCCCN(CCN1CCCC1)C1CCC1. The summed E-state index contributed by atoms with van der Waals surface area (Å²) in [5.41, 5.74) is 0. The summed E-state index contributed by atoms with van der Waals surface area (Å²) in [5.74, 6) is 0. The topological polar surface area (TPSA) is 6.48 Å². The van der Waals surface area contributed by atoms with E-state index in [-0.39, 0.29) is 0 Å². The first-order chi connectivity index (χ1) is 7.90. The molecule has 1 heterocycles. The molecule has 1 saturated carbocycles. The van der Waals surface area contributed by atoms with Crippen molar-refractivity contribution < 1.29 is 0 Å². The van der Waals surface area contributed by atoms with E-state index in [4.69, 9.17) is 0 Å². The smallest absolute Gasteiger partial charge is 0.0112 e. The second-order valence-electron chi connectivity index (χ2n) is 5.21. The van der Waals surface area contributed by atoms with Crippen molar-refractivity contribution in [2.75, 3.05) is 38.1 Å². The van der Waals surface area contributed by atoms with Crippen molar-refractivity contribution in [1.82, 2.24) is 9.80 Å². The highest BCUT2D eigenvalue weighted by Crippen LogP contribution is 2.25. The van der Waals surface area contributed by atoms with E-state index in [1.807, 2.05) is 0 Å². The van der Waals surface area contributed by atoms with Gasteiger partial charge in [0.05, 0.1) is 0 Å². The van der Waals surface area contributed by atoms with Crippen molar-refractivity contribution in [3.8, 4) is 0 Å². The van der Waals surface area contributed by atoms with Crippen LogP contribution in [0.1, 0.15) is 38.5 Å². The summed E-state index contributed by atoms with van der Waals surface area (Å²) in [7, 11) is 0. The second-order valence-corrected chi connectivity index (χ2v) is 6.00. The minimum Gasteiger partial charge on any atom is -0.302 e. The Morgan fingerprint density at radius 2 is 1.81 bits per heavy atom. The van der Waals surface area contributed by atoms with E-state index in [0.717, 1.165) is 11.4 Å². The van der Waals surface area contributed by atoms with Crippen molar-refractivity contribution in [2.45, 2.75) is 44.6 Å². The van der Waals surface area contributed by atoms with Crippen molar-refractivity contribution in [3.05, 3.63) is 0 Å². The maximum absolute atomic E-state index is 3.55. The molecular weight excluding hydrogens is 264 g/mol. The molecule has 0 bridgehead atoms. The molecule has 0 spiro atoms. The molecule has 3 heteroatoms. The van der Waals surface area contributed by atoms with Gasteiger partial charge in [0.25, 0.3) is 0 Å². The fourth-order valence-corrected chi connectivity index (χ4v) is 3.02. The first-order valence-electron chi connectivity index (χ1n) is 6.92. The van der Waals surface area contributed by atoms with Crippen LogP contribution in [-0.2, 0) is 0 Å². The summed E-state index contributed by atoms with van der Waals surface area (Å²) in [4.78, 5) is 5.38. The van der Waals surface area contributed by atoms with Gasteiger partial charge in [-0.25, -0.2) is 0 Å². The Hall–Kier alpha value is 0.400. The standard InChI is InChI=1S/C13H25BrN2/c14-7-4-10-16(13-5-3-6-13)12-11-15-8-1-2-9-15/h13H,1-12H2. The Bertz CT molecular complexity index is 188. The summed E-state index contributed by atoms with van der Waals surface area (Å²) in [5, 5.41) is 1.15. The maximum Gasteiger partial charge on any atom is 0.0112 e. The van der Waals surface area contributed by atoms with Gasteiger partial charge < -0.3 is 4.90 Å². The van der Waals surface area contributed by atoms with Gasteiger partial charge in [0.2, 0.25) is 0 Å². The molecule has 0 N–H and O–H groups in total. The van der Waals surface area contributed by atoms with Gasteiger partial charge in [-0.3, -0.25) is 4.90 Å². The summed E-state index contributed by atoms with van der Waals surface area (Å²) in [6.07, 6.45) is 8.50. The number of nitrogens with zero attached hydrogens (tertiary/aromatic N) is 2. The molecule has 2 nitrogen and oxygen atoms in total. The molecule has 2 fully saturated rings. The number of hydrogen-bond donors (Lipinski definition) is 0. The average molecular weight is 289 g/mol. The van der Waals surface area contributed by atoms with Crippen molar-refractivity contribution in [3.63, 3.8) is 0 Å². The van der Waals surface area contributed by atoms with Crippen LogP contribution >= 0.6 is 15.9 Å². The lowest BCUT2D eigenvalue weighted by atomic mass is 9.91. The van der Waals surface area contributed by atoms with Gasteiger partial charge in [-0.05, 0) is 51.7 Å². The summed E-state index contributed by atoms with van der Waals surface area (Å²) in [6, 6.07) is 0.918. The Morgan fingerprint density at radius 3 is 2.38 bits per heavy atom. The Morgan fingerprint density at radius 1 is 1.06 bits per heavy atom. The monoisotopic (exact) mass is 288 g/mol. The largest absolute Gasteiger partial charge is 0.302 e. The van der Waals surface area contributed by atoms with E-state index < -0.39 is 0 Å². The molecule has 0 aromatic carbocycles. The first-order valence-corrected chi connectivity index (χ1v) is 8.04. The van der Waals surface area contributed by atoms with Gasteiger partial charge in [-0.2, -0.15) is 0 Å². The van der Waals surface area contributed by atoms with Crippen molar-refractivity contribution in [1.29, 1.82) is 0 Å². The van der Waals surface area contributed by atoms with Crippen LogP contribution in [-0.4, -0.2) is 53.9 Å². The van der Waals surface area contributed by atoms with E-state index >= 15 is 0 Å². The zero-order valence-corrected chi connectivity index (χ0v) is 11.9. The van der Waals surface area contributed by atoms with Gasteiger partial charge in [-0.1, -0.05) is 22.4 Å². The molecule has 94 valence electrons. The fraction of sp³-hybridized carbons (Fsp3) is 1.00. The predicted molar refractivity (Wildman–Crippen MR) is 73.3 cm³/mol. The van der Waals surface area contributed by atoms with Crippen LogP contribution in [0.4, 0.5) is 0 Å². The van der Waals surface area contributed by atoms with E-state index in [1.165, 1.54) is 71.2 Å². The van der Waals surface area contributed by atoms with Crippen molar-refractivity contribution in [2.24, 2.45) is 0 Å². The lowest BCUT2D eigenvalue weighted by molar-refractivity contribution is 0.114. The van der Waals surface area contributed by atoms with E-state index in [1.54, 1.807) is 0 Å². The van der Waals surface area contributed by atoms with Crippen LogP contribution in [0.5, 0.6) is 0 Å². The van der Waals surface area contributed by atoms with Gasteiger partial charge in [0, 0.05) is 24.5 Å². The molecule has 2 aliphatic rings. The van der Waals surface area contributed by atoms with Gasteiger partial charge in [0.15, 0.2) is 0 Å². The zero-order valence-electron chi connectivity index (χ0n) is 10.3. The third-order valence-corrected chi connectivity index (χ3v) is 4.63. The number of halogens is 1. The van der Waals surface area contributed by atoms with E-state index in [0.29, 0.717) is 0 Å². The first kappa shape index (κ1) is 12.8. The van der Waals surface area contributed by atoms with Gasteiger partial charge >= 0.3 is 0 Å². The molecule has 1 aliphatic carbocycles. The molecule has 0 aromatic rings. The molecule has 1 aliphatic heterocycles. The highest BCUT2D eigenvalue weighted by atomic mass is 79.9. The molecule has 16 heavy (non-hydrogen) atoms. The molecule has 0 unspecified atom stereocenters. The molecule has 0 atom stereocenters. The third kappa shape index (κ3) is 3.71. The van der Waals surface area contributed by atoms with Crippen LogP contribution in [0.15, 0.2) is 0 Å². The van der Waals surface area contributed by atoms with Gasteiger partial charge in [0.1, 0.15) is 0 Å². The molecule has 0 aromatic heterocycles. The summed E-state index contributed by atoms with van der Waals surface area (Å²) < 4.78 is 0. The number of likely N-dealkylation sites (tertiary alicyclic amines) is 1. The van der Waals surface area contributed by atoms with Crippen LogP contribution in [0.3, 0.4) is 0 Å². The highest BCUT2D eigenvalue weighted by molar-refractivity contribution is 9.09. The molecular formula is C13H25BrN2. The Labute approximate surface area is 108 Å². The predicted octanol–water partition coefficient (Wildman–Crippen LogP) is 2.72. The zero-order chi connectivity index (χ0) is 11.2. The molecule has 0 amide bonds. The van der Waals surface area contributed by atoms with E-state index in [2.05, 4.69) is 25.7 Å². The van der Waals surface area contributed by atoms with E-state index in [9.17, 15) is 0 Å². The minimum atomic E-state index is 0.918.